The normalized spacial score (nSPS) is 12.1. The molecule has 0 N–H and O–H groups in total. The minimum absolute atomic E-state index is 0. The minimum Gasteiger partial charge on any atom is -0.266 e. The number of hydrogen-bond donors (Lipinski definition) is 0. The molecule has 1 heteroatoms. The Labute approximate surface area is 100 Å². The average Bonchev–Trinajstić information content (AvgIpc) is 2.03. The van der Waals surface area contributed by atoms with Crippen LogP contribution in [0, 0.1) is 11.5 Å². The third-order valence-corrected chi connectivity index (χ3v) is 1.77. The van der Waals surface area contributed by atoms with Gasteiger partial charge in [0.25, 0.3) is 0 Å². The maximum absolute atomic E-state index is 3.45. The smallest absolute Gasteiger partial charge is 0.266 e. The van der Waals surface area contributed by atoms with Crippen LogP contribution in [0.5, 0.6) is 0 Å². The molecule has 0 aromatic heterocycles. The molecule has 0 unspecified atom stereocenters. The Morgan fingerprint density at radius 2 is 1.57 bits per heavy atom. The van der Waals surface area contributed by atoms with Crippen molar-refractivity contribution < 1.29 is 19.5 Å². The monoisotopic (exact) mass is 275 g/mol. The summed E-state index contributed by atoms with van der Waals surface area (Å²) in [6.07, 6.45) is 3.45. The maximum atomic E-state index is 3.45. The van der Waals surface area contributed by atoms with E-state index < -0.39 is 0 Å². The molecule has 1 aromatic rings. The Morgan fingerprint density at radius 1 is 1.07 bits per heavy atom. The summed E-state index contributed by atoms with van der Waals surface area (Å²) in [6, 6.07) is 10.4. The van der Waals surface area contributed by atoms with Crippen molar-refractivity contribution >= 4 is 5.57 Å². The van der Waals surface area contributed by atoms with Gasteiger partial charge in [0.05, 0.1) is 0 Å². The van der Waals surface area contributed by atoms with E-state index in [0.717, 1.165) is 0 Å². The van der Waals surface area contributed by atoms with Crippen molar-refractivity contribution in [3.05, 3.63) is 42.0 Å². The first-order valence-corrected chi connectivity index (χ1v) is 4.66. The van der Waals surface area contributed by atoms with E-state index in [9.17, 15) is 0 Å². The van der Waals surface area contributed by atoms with Crippen LogP contribution in [-0.2, 0) is 19.5 Å². The largest absolute Gasteiger partial charge is 1.00 e. The quantitative estimate of drug-likeness (QED) is 0.537. The molecule has 0 bridgehead atoms. The van der Waals surface area contributed by atoms with Gasteiger partial charge >= 0.3 is 19.5 Å². The van der Waals surface area contributed by atoms with E-state index in [1.165, 1.54) is 11.1 Å². The average molecular weight is 274 g/mol. The molecule has 1 rings (SSSR count). The number of benzene rings is 1. The third kappa shape index (κ3) is 4.72. The standard InChI is InChI=1S/C13H17.Ru/c1-11(10-13(2,3)4)12-8-6-5-7-9-12;/h5-9H,1-4H3;/q-1;+1. The van der Waals surface area contributed by atoms with Crippen LogP contribution in [0.2, 0.25) is 0 Å². The molecule has 0 nitrogen and oxygen atoms in total. The fourth-order valence-corrected chi connectivity index (χ4v) is 1.32. The Hall–Kier alpha value is -0.417. The van der Waals surface area contributed by atoms with Crippen molar-refractivity contribution in [2.75, 3.05) is 0 Å². The summed E-state index contributed by atoms with van der Waals surface area (Å²) >= 11 is 0. The van der Waals surface area contributed by atoms with Crippen LogP contribution < -0.4 is 0 Å². The van der Waals surface area contributed by atoms with E-state index in [-0.39, 0.29) is 24.9 Å². The third-order valence-electron chi connectivity index (χ3n) is 1.77. The van der Waals surface area contributed by atoms with Gasteiger partial charge in [-0.1, -0.05) is 51.3 Å². The zero-order valence-corrected chi connectivity index (χ0v) is 11.0. The van der Waals surface area contributed by atoms with Crippen LogP contribution in [0.25, 0.3) is 5.57 Å². The van der Waals surface area contributed by atoms with Gasteiger partial charge in [-0.05, 0) is 0 Å². The molecule has 0 amide bonds. The molecule has 1 radical (unpaired) electrons. The number of allylic oxidation sites excluding steroid dienone is 2. The molecule has 0 saturated carbocycles. The molecule has 0 spiro atoms. The molecule has 0 aliphatic carbocycles. The van der Waals surface area contributed by atoms with E-state index in [2.05, 4.69) is 58.0 Å². The van der Waals surface area contributed by atoms with Crippen LogP contribution in [0.15, 0.2) is 30.3 Å². The van der Waals surface area contributed by atoms with Crippen LogP contribution in [0.4, 0.5) is 0 Å². The molecule has 0 aliphatic rings. The van der Waals surface area contributed by atoms with E-state index >= 15 is 0 Å². The summed E-state index contributed by atoms with van der Waals surface area (Å²) in [7, 11) is 0. The number of rotatable bonds is 1. The molecule has 77 valence electrons. The summed E-state index contributed by atoms with van der Waals surface area (Å²) in [6.45, 7) is 8.61. The first-order chi connectivity index (χ1) is 5.99. The first kappa shape index (κ1) is 13.6. The second-order valence-corrected chi connectivity index (χ2v) is 4.37. The first-order valence-electron chi connectivity index (χ1n) is 4.66. The Bertz CT molecular complexity index is 291. The van der Waals surface area contributed by atoms with Gasteiger partial charge in [-0.3, -0.25) is 6.08 Å². The van der Waals surface area contributed by atoms with Crippen molar-refractivity contribution in [1.29, 1.82) is 0 Å². The van der Waals surface area contributed by atoms with E-state index in [1.54, 1.807) is 0 Å². The molecule has 0 aliphatic heterocycles. The molecule has 0 fully saturated rings. The summed E-state index contributed by atoms with van der Waals surface area (Å²) < 4.78 is 0. The van der Waals surface area contributed by atoms with Crippen LogP contribution >= 0.6 is 0 Å². The molecule has 0 saturated heterocycles. The summed E-state index contributed by atoms with van der Waals surface area (Å²) in [5, 5.41) is 0. The predicted octanol–water partition coefficient (Wildman–Crippen LogP) is 3.94. The van der Waals surface area contributed by atoms with Gasteiger partial charge in [0, 0.05) is 0 Å². The van der Waals surface area contributed by atoms with Gasteiger partial charge in [-0.2, -0.15) is 5.56 Å². The van der Waals surface area contributed by atoms with Crippen molar-refractivity contribution in [3.63, 3.8) is 0 Å². The van der Waals surface area contributed by atoms with E-state index in [4.69, 9.17) is 0 Å². The van der Waals surface area contributed by atoms with Gasteiger partial charge in [0.15, 0.2) is 0 Å². The Morgan fingerprint density at radius 3 is 2.00 bits per heavy atom. The van der Waals surface area contributed by atoms with Gasteiger partial charge < -0.3 is 0 Å². The van der Waals surface area contributed by atoms with Gasteiger partial charge in [0.2, 0.25) is 0 Å². The van der Waals surface area contributed by atoms with Crippen LogP contribution in [-0.4, -0.2) is 0 Å². The molecule has 1 aromatic carbocycles. The van der Waals surface area contributed by atoms with E-state index in [0.29, 0.717) is 0 Å². The van der Waals surface area contributed by atoms with Gasteiger partial charge in [-0.25, -0.2) is 5.57 Å². The van der Waals surface area contributed by atoms with E-state index in [1.807, 2.05) is 6.07 Å². The Balaban J connectivity index is 0.00000169. The molecular formula is C13H17Ru. The van der Waals surface area contributed by atoms with Crippen molar-refractivity contribution in [2.45, 2.75) is 27.7 Å². The molecule has 0 heterocycles. The SMILES string of the molecule is CC(=[C-]C(C)(C)C)c1ccccc1.[Ru+]. The minimum atomic E-state index is 0. The topological polar surface area (TPSA) is 0 Å². The van der Waals surface area contributed by atoms with Crippen molar-refractivity contribution in [2.24, 2.45) is 5.41 Å². The fourth-order valence-electron chi connectivity index (χ4n) is 1.32. The summed E-state index contributed by atoms with van der Waals surface area (Å²) in [5.74, 6) is 0. The maximum Gasteiger partial charge on any atom is 1.00 e. The van der Waals surface area contributed by atoms with Crippen molar-refractivity contribution in [3.8, 4) is 0 Å². The number of hydrogen-bond acceptors (Lipinski definition) is 0. The second kappa shape index (κ2) is 5.46. The second-order valence-electron chi connectivity index (χ2n) is 4.37. The van der Waals surface area contributed by atoms with Gasteiger partial charge in [0.1, 0.15) is 0 Å². The Kier molecular flexibility index (Phi) is 5.30. The summed E-state index contributed by atoms with van der Waals surface area (Å²) in [5.41, 5.74) is 2.63. The molecular weight excluding hydrogens is 257 g/mol. The zero-order valence-electron chi connectivity index (χ0n) is 9.24. The molecule has 14 heavy (non-hydrogen) atoms. The van der Waals surface area contributed by atoms with Crippen LogP contribution in [0.3, 0.4) is 0 Å². The fraction of sp³-hybridized carbons (Fsp3) is 0.385. The zero-order chi connectivity index (χ0) is 9.90. The summed E-state index contributed by atoms with van der Waals surface area (Å²) in [4.78, 5) is 0. The van der Waals surface area contributed by atoms with Crippen LogP contribution in [0.1, 0.15) is 33.3 Å². The molecule has 0 atom stereocenters. The van der Waals surface area contributed by atoms with Crippen molar-refractivity contribution in [1.82, 2.24) is 0 Å². The van der Waals surface area contributed by atoms with Gasteiger partial charge in [-0.15, -0.1) is 12.1 Å². The predicted molar refractivity (Wildman–Crippen MR) is 58.2 cm³/mol.